The number of esters is 1. The van der Waals surface area contributed by atoms with E-state index in [1.165, 1.54) is 0 Å². The monoisotopic (exact) mass is 351 g/mol. The number of amides is 1. The quantitative estimate of drug-likeness (QED) is 0.785. The SMILES string of the molecule is O=C1OC(C(=O)N2CCN(Cc3ccccn3)CC2)Cc2ccccc21. The number of rotatable bonds is 3. The lowest BCUT2D eigenvalue weighted by atomic mass is 9.98. The molecule has 1 amide bonds. The summed E-state index contributed by atoms with van der Waals surface area (Å²) >= 11 is 0. The van der Waals surface area contributed by atoms with E-state index in [9.17, 15) is 9.59 Å². The lowest BCUT2D eigenvalue weighted by Gasteiger charge is -2.36. The average molecular weight is 351 g/mol. The van der Waals surface area contributed by atoms with Gasteiger partial charge >= 0.3 is 5.97 Å². The molecule has 0 radical (unpaired) electrons. The van der Waals surface area contributed by atoms with Crippen molar-refractivity contribution in [1.82, 2.24) is 14.8 Å². The average Bonchev–Trinajstić information content (AvgIpc) is 2.69. The van der Waals surface area contributed by atoms with Gasteiger partial charge in [0.1, 0.15) is 0 Å². The first-order valence-corrected chi connectivity index (χ1v) is 8.90. The van der Waals surface area contributed by atoms with E-state index in [2.05, 4.69) is 9.88 Å². The van der Waals surface area contributed by atoms with E-state index in [-0.39, 0.29) is 5.91 Å². The molecule has 1 aromatic heterocycles. The van der Waals surface area contributed by atoms with Crippen molar-refractivity contribution in [2.75, 3.05) is 26.2 Å². The van der Waals surface area contributed by atoms with Gasteiger partial charge in [-0.3, -0.25) is 14.7 Å². The number of aromatic nitrogens is 1. The van der Waals surface area contributed by atoms with Crippen molar-refractivity contribution in [1.29, 1.82) is 0 Å². The van der Waals surface area contributed by atoms with Gasteiger partial charge in [-0.25, -0.2) is 4.79 Å². The Labute approximate surface area is 152 Å². The van der Waals surface area contributed by atoms with E-state index in [1.807, 2.05) is 36.4 Å². The molecular formula is C20H21N3O3. The highest BCUT2D eigenvalue weighted by molar-refractivity contribution is 5.95. The van der Waals surface area contributed by atoms with Crippen LogP contribution in [0.5, 0.6) is 0 Å². The second-order valence-electron chi connectivity index (χ2n) is 6.68. The van der Waals surface area contributed by atoms with Crippen molar-refractivity contribution < 1.29 is 14.3 Å². The number of carbonyl (C=O) groups is 2. The van der Waals surface area contributed by atoms with Crippen molar-refractivity contribution in [2.24, 2.45) is 0 Å². The molecule has 1 aromatic carbocycles. The number of hydrogen-bond acceptors (Lipinski definition) is 5. The number of pyridine rings is 1. The van der Waals surface area contributed by atoms with Crippen molar-refractivity contribution in [3.63, 3.8) is 0 Å². The number of cyclic esters (lactones) is 1. The molecule has 0 bridgehead atoms. The number of hydrogen-bond donors (Lipinski definition) is 0. The topological polar surface area (TPSA) is 62.7 Å². The van der Waals surface area contributed by atoms with E-state index in [0.717, 1.165) is 30.9 Å². The van der Waals surface area contributed by atoms with Crippen LogP contribution in [0.3, 0.4) is 0 Å². The molecule has 2 aliphatic heterocycles. The molecule has 2 aliphatic rings. The fraction of sp³-hybridized carbons (Fsp3) is 0.350. The van der Waals surface area contributed by atoms with Crippen LogP contribution in [-0.4, -0.2) is 58.9 Å². The van der Waals surface area contributed by atoms with Crippen LogP contribution in [0.2, 0.25) is 0 Å². The van der Waals surface area contributed by atoms with Gasteiger partial charge in [-0.1, -0.05) is 24.3 Å². The van der Waals surface area contributed by atoms with E-state index >= 15 is 0 Å². The third-order valence-corrected chi connectivity index (χ3v) is 4.96. The Morgan fingerprint density at radius 1 is 1.08 bits per heavy atom. The Hall–Kier alpha value is -2.73. The molecule has 1 fully saturated rings. The minimum atomic E-state index is -0.709. The zero-order valence-corrected chi connectivity index (χ0v) is 14.5. The number of piperazine rings is 1. The molecule has 0 spiro atoms. The molecule has 0 N–H and O–H groups in total. The third kappa shape index (κ3) is 3.46. The number of fused-ring (bicyclic) bond motifs is 1. The van der Waals surface area contributed by atoms with Crippen LogP contribution in [0.15, 0.2) is 48.7 Å². The van der Waals surface area contributed by atoms with Gasteiger partial charge in [0.2, 0.25) is 0 Å². The maximum atomic E-state index is 12.8. The third-order valence-electron chi connectivity index (χ3n) is 4.96. The summed E-state index contributed by atoms with van der Waals surface area (Å²) in [5.41, 5.74) is 2.48. The van der Waals surface area contributed by atoms with Crippen LogP contribution in [0.25, 0.3) is 0 Å². The predicted octanol–water partition coefficient (Wildman–Crippen LogP) is 1.51. The van der Waals surface area contributed by atoms with Gasteiger partial charge in [0.05, 0.1) is 11.3 Å². The first-order chi connectivity index (χ1) is 12.7. The molecule has 3 heterocycles. The number of carbonyl (C=O) groups excluding carboxylic acids is 2. The summed E-state index contributed by atoms with van der Waals surface area (Å²) < 4.78 is 5.40. The number of ether oxygens (including phenoxy) is 1. The Morgan fingerprint density at radius 3 is 2.62 bits per heavy atom. The summed E-state index contributed by atoms with van der Waals surface area (Å²) in [5.74, 6) is -0.496. The second-order valence-corrected chi connectivity index (χ2v) is 6.68. The molecule has 0 saturated carbocycles. The number of nitrogens with zero attached hydrogens (tertiary/aromatic N) is 3. The smallest absolute Gasteiger partial charge is 0.339 e. The minimum absolute atomic E-state index is 0.0923. The molecule has 26 heavy (non-hydrogen) atoms. The fourth-order valence-electron chi connectivity index (χ4n) is 3.52. The van der Waals surface area contributed by atoms with Gasteiger partial charge < -0.3 is 9.64 Å². The maximum absolute atomic E-state index is 12.8. The first kappa shape index (κ1) is 16.7. The van der Waals surface area contributed by atoms with Crippen LogP contribution < -0.4 is 0 Å². The largest absolute Gasteiger partial charge is 0.448 e. The van der Waals surface area contributed by atoms with Gasteiger partial charge in [-0.05, 0) is 23.8 Å². The van der Waals surface area contributed by atoms with Crippen molar-refractivity contribution >= 4 is 11.9 Å². The summed E-state index contributed by atoms with van der Waals surface area (Å²) in [6.45, 7) is 3.65. The zero-order chi connectivity index (χ0) is 17.9. The normalized spacial score (nSPS) is 20.4. The summed E-state index contributed by atoms with van der Waals surface area (Å²) in [4.78, 5) is 33.4. The van der Waals surface area contributed by atoms with Crippen LogP contribution in [0, 0.1) is 0 Å². The van der Waals surface area contributed by atoms with Crippen molar-refractivity contribution in [2.45, 2.75) is 19.1 Å². The maximum Gasteiger partial charge on any atom is 0.339 e. The van der Waals surface area contributed by atoms with Crippen molar-refractivity contribution in [3.8, 4) is 0 Å². The summed E-state index contributed by atoms with van der Waals surface area (Å²) in [7, 11) is 0. The molecule has 4 rings (SSSR count). The molecular weight excluding hydrogens is 330 g/mol. The highest BCUT2D eigenvalue weighted by atomic mass is 16.5. The molecule has 1 saturated heterocycles. The van der Waals surface area contributed by atoms with Crippen molar-refractivity contribution in [3.05, 3.63) is 65.5 Å². The number of benzene rings is 1. The van der Waals surface area contributed by atoms with E-state index in [4.69, 9.17) is 4.74 Å². The highest BCUT2D eigenvalue weighted by Crippen LogP contribution is 2.22. The summed E-state index contributed by atoms with van der Waals surface area (Å²) in [6, 6.07) is 13.2. The standard InChI is InChI=1S/C20H21N3O3/c24-19(18-13-15-5-1-2-7-17(15)20(25)26-18)23-11-9-22(10-12-23)14-16-6-3-4-8-21-16/h1-8,18H,9-14H2. The molecule has 134 valence electrons. The lowest BCUT2D eigenvalue weighted by molar-refractivity contribution is -0.143. The lowest BCUT2D eigenvalue weighted by Crippen LogP contribution is -2.52. The molecule has 6 nitrogen and oxygen atoms in total. The highest BCUT2D eigenvalue weighted by Gasteiger charge is 2.34. The van der Waals surface area contributed by atoms with Crippen LogP contribution >= 0.6 is 0 Å². The van der Waals surface area contributed by atoms with Crippen LogP contribution in [-0.2, 0) is 22.5 Å². The first-order valence-electron chi connectivity index (χ1n) is 8.90. The van der Waals surface area contributed by atoms with E-state index in [1.54, 1.807) is 17.2 Å². The molecule has 6 heteroatoms. The zero-order valence-electron chi connectivity index (χ0n) is 14.5. The summed E-state index contributed by atoms with van der Waals surface area (Å²) in [5, 5.41) is 0. The molecule has 1 unspecified atom stereocenters. The van der Waals surface area contributed by atoms with Gasteiger partial charge in [-0.2, -0.15) is 0 Å². The minimum Gasteiger partial charge on any atom is -0.448 e. The fourth-order valence-corrected chi connectivity index (χ4v) is 3.52. The molecule has 2 aromatic rings. The Balaban J connectivity index is 1.35. The van der Waals surface area contributed by atoms with E-state index < -0.39 is 12.1 Å². The summed E-state index contributed by atoms with van der Waals surface area (Å²) in [6.07, 6.45) is 1.54. The predicted molar refractivity (Wildman–Crippen MR) is 95.4 cm³/mol. The van der Waals surface area contributed by atoms with Gasteiger partial charge in [0.15, 0.2) is 6.10 Å². The Bertz CT molecular complexity index is 801. The van der Waals surface area contributed by atoms with Gasteiger partial charge in [-0.15, -0.1) is 0 Å². The Morgan fingerprint density at radius 2 is 1.85 bits per heavy atom. The van der Waals surface area contributed by atoms with Gasteiger partial charge in [0.25, 0.3) is 5.91 Å². The van der Waals surface area contributed by atoms with Crippen LogP contribution in [0.1, 0.15) is 21.6 Å². The molecule has 1 atom stereocenters. The second kappa shape index (κ2) is 7.25. The van der Waals surface area contributed by atoms with Gasteiger partial charge in [0, 0.05) is 45.3 Å². The van der Waals surface area contributed by atoms with E-state index in [0.29, 0.717) is 25.1 Å². The Kier molecular flexibility index (Phi) is 4.67. The van der Waals surface area contributed by atoms with Crippen LogP contribution in [0.4, 0.5) is 0 Å². The molecule has 0 aliphatic carbocycles.